The second-order valence-electron chi connectivity index (χ2n) is 5.75. The highest BCUT2D eigenvalue weighted by Crippen LogP contribution is 2.24. The quantitative estimate of drug-likeness (QED) is 0.897. The third kappa shape index (κ3) is 3.00. The molecule has 0 saturated carbocycles. The molecule has 1 N–H and O–H groups in total. The molecule has 2 heterocycles. The summed E-state index contributed by atoms with van der Waals surface area (Å²) in [7, 11) is 0. The number of fused-ring (bicyclic) bond motifs is 1. The number of carbonyl (C=O) groups excluding carboxylic acids is 1. The Labute approximate surface area is 125 Å². The summed E-state index contributed by atoms with van der Waals surface area (Å²) in [6.45, 7) is 11.7. The van der Waals surface area contributed by atoms with Gasteiger partial charge < -0.3 is 10.2 Å². The second kappa shape index (κ2) is 5.74. The first kappa shape index (κ1) is 13.9. The number of piperazine rings is 1. The molecule has 0 aromatic heterocycles. The van der Waals surface area contributed by atoms with Gasteiger partial charge in [0.2, 0.25) is 5.91 Å². The zero-order chi connectivity index (χ0) is 14.8. The lowest BCUT2D eigenvalue weighted by molar-refractivity contribution is -0.121. The van der Waals surface area contributed by atoms with Crippen LogP contribution in [-0.2, 0) is 11.3 Å². The molecule has 0 radical (unpaired) electrons. The maximum absolute atomic E-state index is 11.9. The topological polar surface area (TPSA) is 35.6 Å². The van der Waals surface area contributed by atoms with Gasteiger partial charge in [-0.25, -0.2) is 0 Å². The third-order valence-corrected chi connectivity index (χ3v) is 4.22. The Kier molecular flexibility index (Phi) is 3.80. The van der Waals surface area contributed by atoms with Crippen molar-refractivity contribution in [3.63, 3.8) is 0 Å². The smallest absolute Gasteiger partial charge is 0.226 e. The molecule has 1 atom stereocenters. The Balaban J connectivity index is 1.70. The fourth-order valence-corrected chi connectivity index (χ4v) is 3.11. The summed E-state index contributed by atoms with van der Waals surface area (Å²) in [6, 6.07) is 10.6. The van der Waals surface area contributed by atoms with Crippen LogP contribution < -0.4 is 5.32 Å². The number of nitrogens with one attached hydrogen (secondary N) is 1. The number of rotatable bonds is 2. The van der Waals surface area contributed by atoms with E-state index in [9.17, 15) is 4.79 Å². The van der Waals surface area contributed by atoms with Crippen LogP contribution in [0.5, 0.6) is 0 Å². The van der Waals surface area contributed by atoms with Crippen LogP contribution in [0.3, 0.4) is 0 Å². The van der Waals surface area contributed by atoms with Crippen LogP contribution in [0.2, 0.25) is 0 Å². The van der Waals surface area contributed by atoms with E-state index in [4.69, 9.17) is 0 Å². The molecule has 21 heavy (non-hydrogen) atoms. The molecule has 2 fully saturated rings. The Hall–Kier alpha value is -2.07. The molecule has 110 valence electrons. The number of hydrogen-bond donors (Lipinski definition) is 1. The van der Waals surface area contributed by atoms with Gasteiger partial charge in [-0.05, 0) is 5.56 Å². The molecule has 2 saturated heterocycles. The van der Waals surface area contributed by atoms with Crippen molar-refractivity contribution in [2.45, 2.75) is 19.0 Å². The minimum absolute atomic E-state index is 0.0372. The Morgan fingerprint density at radius 1 is 1.19 bits per heavy atom. The van der Waals surface area contributed by atoms with Gasteiger partial charge in [0.25, 0.3) is 0 Å². The predicted molar refractivity (Wildman–Crippen MR) is 83.3 cm³/mol. The molecule has 4 heteroatoms. The first-order chi connectivity index (χ1) is 10.1. The minimum Gasteiger partial charge on any atom is -0.364 e. The molecule has 1 aromatic carbocycles. The van der Waals surface area contributed by atoms with Gasteiger partial charge in [0.05, 0.1) is 17.4 Å². The normalized spacial score (nSPS) is 23.5. The van der Waals surface area contributed by atoms with E-state index in [1.807, 2.05) is 6.07 Å². The van der Waals surface area contributed by atoms with Gasteiger partial charge in [0, 0.05) is 32.6 Å². The summed E-state index contributed by atoms with van der Waals surface area (Å²) in [4.78, 5) is 16.5. The fraction of sp³-hybridized carbons (Fsp3) is 0.353. The first-order valence-corrected chi connectivity index (χ1v) is 7.34. The van der Waals surface area contributed by atoms with Crippen molar-refractivity contribution >= 4 is 5.91 Å². The lowest BCUT2D eigenvalue weighted by Gasteiger charge is -2.42. The van der Waals surface area contributed by atoms with E-state index in [0.29, 0.717) is 12.1 Å². The summed E-state index contributed by atoms with van der Waals surface area (Å²) in [5.41, 5.74) is 2.80. The molecule has 1 amide bonds. The first-order valence-electron chi connectivity index (χ1n) is 7.34. The van der Waals surface area contributed by atoms with Gasteiger partial charge in [-0.2, -0.15) is 0 Å². The number of benzene rings is 1. The molecule has 1 aromatic rings. The fourth-order valence-electron chi connectivity index (χ4n) is 3.11. The monoisotopic (exact) mass is 283 g/mol. The molecule has 2 aliphatic heterocycles. The van der Waals surface area contributed by atoms with Gasteiger partial charge in [-0.3, -0.25) is 9.69 Å². The predicted octanol–water partition coefficient (Wildman–Crippen LogP) is 1.72. The van der Waals surface area contributed by atoms with Gasteiger partial charge >= 0.3 is 0 Å². The lowest BCUT2D eigenvalue weighted by atomic mass is 10.1. The third-order valence-electron chi connectivity index (χ3n) is 4.22. The molecule has 4 nitrogen and oxygen atoms in total. The van der Waals surface area contributed by atoms with Gasteiger partial charge in [-0.15, -0.1) is 0 Å². The molecule has 0 bridgehead atoms. The molecule has 1 unspecified atom stereocenters. The SMILES string of the molecule is C=C1NC(=O)CC2CN(Cc3ccccc3)CCN2C1=C. The van der Waals surface area contributed by atoms with E-state index in [-0.39, 0.29) is 11.9 Å². The van der Waals surface area contributed by atoms with Crippen molar-refractivity contribution < 1.29 is 4.79 Å². The van der Waals surface area contributed by atoms with Crippen LogP contribution in [0.1, 0.15) is 12.0 Å². The largest absolute Gasteiger partial charge is 0.364 e. The van der Waals surface area contributed by atoms with E-state index in [0.717, 1.165) is 31.9 Å². The Morgan fingerprint density at radius 2 is 1.95 bits per heavy atom. The molecule has 0 spiro atoms. The highest BCUT2D eigenvalue weighted by molar-refractivity contribution is 5.80. The summed E-state index contributed by atoms with van der Waals surface area (Å²) >= 11 is 0. The van der Waals surface area contributed by atoms with E-state index < -0.39 is 0 Å². The van der Waals surface area contributed by atoms with Crippen molar-refractivity contribution in [3.8, 4) is 0 Å². The van der Waals surface area contributed by atoms with Crippen LogP contribution in [-0.4, -0.2) is 41.4 Å². The van der Waals surface area contributed by atoms with E-state index >= 15 is 0 Å². The zero-order valence-electron chi connectivity index (χ0n) is 12.2. The van der Waals surface area contributed by atoms with Crippen molar-refractivity contribution in [2.24, 2.45) is 0 Å². The zero-order valence-corrected chi connectivity index (χ0v) is 12.2. The molecular formula is C17H21N3O. The van der Waals surface area contributed by atoms with Crippen molar-refractivity contribution in [2.75, 3.05) is 19.6 Å². The summed E-state index contributed by atoms with van der Waals surface area (Å²) in [5.74, 6) is 0.0372. The van der Waals surface area contributed by atoms with Gasteiger partial charge in [-0.1, -0.05) is 43.5 Å². The highest BCUT2D eigenvalue weighted by Gasteiger charge is 2.32. The summed E-state index contributed by atoms with van der Waals surface area (Å²) < 4.78 is 0. The Morgan fingerprint density at radius 3 is 2.71 bits per heavy atom. The maximum atomic E-state index is 11.9. The molecular weight excluding hydrogens is 262 g/mol. The van der Waals surface area contributed by atoms with E-state index in [1.54, 1.807) is 0 Å². The number of amides is 1. The van der Waals surface area contributed by atoms with Crippen LogP contribution in [0, 0.1) is 0 Å². The van der Waals surface area contributed by atoms with E-state index in [2.05, 4.69) is 52.5 Å². The number of hydrogen-bond acceptors (Lipinski definition) is 3. The Bertz CT molecular complexity index is 567. The minimum atomic E-state index is 0.0372. The molecule has 2 aliphatic rings. The second-order valence-corrected chi connectivity index (χ2v) is 5.75. The van der Waals surface area contributed by atoms with Gasteiger partial charge in [0.15, 0.2) is 0 Å². The van der Waals surface area contributed by atoms with Crippen molar-refractivity contribution in [1.29, 1.82) is 0 Å². The highest BCUT2D eigenvalue weighted by atomic mass is 16.1. The standard InChI is InChI=1S/C17H21N3O/c1-13-14(2)20-9-8-19(11-15-6-4-3-5-7-15)12-16(20)10-17(21)18-13/h3-7,16H,1-2,8-12H2,(H,18,21). The number of nitrogens with zero attached hydrogens (tertiary/aromatic N) is 2. The van der Waals surface area contributed by atoms with Crippen LogP contribution in [0.15, 0.2) is 54.9 Å². The summed E-state index contributed by atoms with van der Waals surface area (Å²) in [6.07, 6.45) is 0.503. The molecule has 3 rings (SSSR count). The summed E-state index contributed by atoms with van der Waals surface area (Å²) in [5, 5.41) is 2.82. The van der Waals surface area contributed by atoms with Crippen LogP contribution in [0.25, 0.3) is 0 Å². The maximum Gasteiger partial charge on any atom is 0.226 e. The van der Waals surface area contributed by atoms with Crippen molar-refractivity contribution in [1.82, 2.24) is 15.1 Å². The number of carbonyl (C=O) groups is 1. The van der Waals surface area contributed by atoms with Crippen LogP contribution in [0.4, 0.5) is 0 Å². The lowest BCUT2D eigenvalue weighted by Crippen LogP contribution is -2.51. The molecule has 0 aliphatic carbocycles. The van der Waals surface area contributed by atoms with Crippen LogP contribution >= 0.6 is 0 Å². The van der Waals surface area contributed by atoms with Crippen molar-refractivity contribution in [3.05, 3.63) is 60.4 Å². The average Bonchev–Trinajstić information content (AvgIpc) is 2.57. The van der Waals surface area contributed by atoms with Gasteiger partial charge in [0.1, 0.15) is 0 Å². The van der Waals surface area contributed by atoms with E-state index in [1.165, 1.54) is 5.56 Å². The average molecular weight is 283 g/mol.